The fourth-order valence-corrected chi connectivity index (χ4v) is 2.12. The summed E-state index contributed by atoms with van der Waals surface area (Å²) in [5.74, 6) is -2.64. The number of hydrogen-bond acceptors (Lipinski definition) is 3. The Kier molecular flexibility index (Phi) is 2.83. The Bertz CT molecular complexity index is 340. The van der Waals surface area contributed by atoms with Crippen LogP contribution in [0.4, 0.5) is 0 Å². The highest BCUT2D eigenvalue weighted by Crippen LogP contribution is 2.25. The lowest BCUT2D eigenvalue weighted by atomic mass is 10.0. The van der Waals surface area contributed by atoms with Crippen molar-refractivity contribution >= 4 is 23.1 Å². The molecule has 1 aromatic rings. The third kappa shape index (κ3) is 1.95. The Morgan fingerprint density at radius 2 is 2.15 bits per heavy atom. The number of thiophene rings is 1. The Morgan fingerprint density at radius 3 is 2.54 bits per heavy atom. The molecule has 1 aromatic heterocycles. The summed E-state index contributed by atoms with van der Waals surface area (Å²) < 4.78 is 0. The Morgan fingerprint density at radius 1 is 1.54 bits per heavy atom. The SMILES string of the molecule is Cc1ccsc1C(C)C(=O)C(=O)O. The molecule has 0 spiro atoms. The van der Waals surface area contributed by atoms with Gasteiger partial charge in [-0.15, -0.1) is 11.3 Å². The van der Waals surface area contributed by atoms with E-state index in [1.54, 1.807) is 6.92 Å². The van der Waals surface area contributed by atoms with E-state index in [0.29, 0.717) is 0 Å². The van der Waals surface area contributed by atoms with Gasteiger partial charge in [0, 0.05) is 4.88 Å². The quantitative estimate of drug-likeness (QED) is 0.753. The van der Waals surface area contributed by atoms with Crippen LogP contribution >= 0.6 is 11.3 Å². The molecule has 0 saturated carbocycles. The molecule has 4 heteroatoms. The number of ketones is 1. The normalized spacial score (nSPS) is 12.5. The van der Waals surface area contributed by atoms with Crippen molar-refractivity contribution in [3.8, 4) is 0 Å². The number of carboxylic acid groups (broad SMARTS) is 1. The molecule has 1 rings (SSSR count). The van der Waals surface area contributed by atoms with Gasteiger partial charge < -0.3 is 5.11 Å². The number of aryl methyl sites for hydroxylation is 1. The third-order valence-electron chi connectivity index (χ3n) is 1.90. The van der Waals surface area contributed by atoms with Gasteiger partial charge in [0.1, 0.15) is 0 Å². The topological polar surface area (TPSA) is 54.4 Å². The number of hydrogen-bond donors (Lipinski definition) is 1. The summed E-state index contributed by atoms with van der Waals surface area (Å²) in [5.41, 5.74) is 0.979. The second-order valence-electron chi connectivity index (χ2n) is 2.86. The first kappa shape index (κ1) is 9.92. The van der Waals surface area contributed by atoms with E-state index >= 15 is 0 Å². The molecule has 1 atom stereocenters. The van der Waals surface area contributed by atoms with Gasteiger partial charge in [-0.05, 0) is 30.9 Å². The second-order valence-corrected chi connectivity index (χ2v) is 3.81. The summed E-state index contributed by atoms with van der Waals surface area (Å²) in [7, 11) is 0. The third-order valence-corrected chi connectivity index (χ3v) is 3.10. The van der Waals surface area contributed by atoms with E-state index in [1.165, 1.54) is 11.3 Å². The van der Waals surface area contributed by atoms with Gasteiger partial charge in [-0.2, -0.15) is 0 Å². The first-order valence-electron chi connectivity index (χ1n) is 3.85. The van der Waals surface area contributed by atoms with Gasteiger partial charge in [-0.25, -0.2) is 4.79 Å². The van der Waals surface area contributed by atoms with Crippen LogP contribution in [0.25, 0.3) is 0 Å². The second kappa shape index (κ2) is 3.70. The summed E-state index contributed by atoms with van der Waals surface area (Å²) in [6.07, 6.45) is 0. The molecule has 0 amide bonds. The number of aliphatic carboxylic acids is 1. The van der Waals surface area contributed by atoms with Crippen molar-refractivity contribution in [3.63, 3.8) is 0 Å². The van der Waals surface area contributed by atoms with Crippen LogP contribution in [0.5, 0.6) is 0 Å². The van der Waals surface area contributed by atoms with Crippen LogP contribution in [-0.4, -0.2) is 16.9 Å². The molecular weight excluding hydrogens is 188 g/mol. The van der Waals surface area contributed by atoms with Gasteiger partial charge in [-0.1, -0.05) is 0 Å². The van der Waals surface area contributed by atoms with Gasteiger partial charge in [0.25, 0.3) is 0 Å². The highest BCUT2D eigenvalue weighted by Gasteiger charge is 2.23. The molecule has 0 fully saturated rings. The molecule has 0 aliphatic heterocycles. The lowest BCUT2D eigenvalue weighted by Crippen LogP contribution is -2.19. The molecular formula is C9H10O3S. The van der Waals surface area contributed by atoms with Crippen molar-refractivity contribution in [2.45, 2.75) is 19.8 Å². The Labute approximate surface area is 80.0 Å². The molecule has 13 heavy (non-hydrogen) atoms. The molecule has 1 N–H and O–H groups in total. The molecule has 0 aromatic carbocycles. The smallest absolute Gasteiger partial charge is 0.372 e. The van der Waals surface area contributed by atoms with E-state index in [-0.39, 0.29) is 0 Å². The van der Waals surface area contributed by atoms with Crippen molar-refractivity contribution < 1.29 is 14.7 Å². The molecule has 70 valence electrons. The maximum atomic E-state index is 11.1. The average Bonchev–Trinajstić information content (AvgIpc) is 2.48. The van der Waals surface area contributed by atoms with Gasteiger partial charge >= 0.3 is 5.97 Å². The standard InChI is InChI=1S/C9H10O3S/c1-5-3-4-13-8(5)6(2)7(10)9(11)12/h3-4,6H,1-2H3,(H,11,12). The molecule has 0 radical (unpaired) electrons. The van der Waals surface area contributed by atoms with Crippen molar-refractivity contribution in [3.05, 3.63) is 21.9 Å². The van der Waals surface area contributed by atoms with Crippen LogP contribution in [0.3, 0.4) is 0 Å². The van der Waals surface area contributed by atoms with Gasteiger partial charge in [0.2, 0.25) is 5.78 Å². The van der Waals surface area contributed by atoms with Crippen LogP contribution in [-0.2, 0) is 9.59 Å². The van der Waals surface area contributed by atoms with Crippen molar-refractivity contribution in [2.24, 2.45) is 0 Å². The van der Waals surface area contributed by atoms with Crippen molar-refractivity contribution in [2.75, 3.05) is 0 Å². The van der Waals surface area contributed by atoms with E-state index < -0.39 is 17.7 Å². The van der Waals surface area contributed by atoms with Crippen molar-refractivity contribution in [1.82, 2.24) is 0 Å². The minimum absolute atomic E-state index is 0.530. The molecule has 1 unspecified atom stereocenters. The molecule has 0 bridgehead atoms. The zero-order chi connectivity index (χ0) is 10.0. The average molecular weight is 198 g/mol. The summed E-state index contributed by atoms with van der Waals surface area (Å²) in [6.45, 7) is 3.49. The maximum Gasteiger partial charge on any atom is 0.372 e. The van der Waals surface area contributed by atoms with E-state index in [1.807, 2.05) is 18.4 Å². The number of carboxylic acids is 1. The van der Waals surface area contributed by atoms with E-state index in [9.17, 15) is 9.59 Å². The summed E-state index contributed by atoms with van der Waals surface area (Å²) >= 11 is 1.42. The van der Waals surface area contributed by atoms with Crippen LogP contribution in [0.2, 0.25) is 0 Å². The largest absolute Gasteiger partial charge is 0.475 e. The lowest BCUT2D eigenvalue weighted by molar-refractivity contribution is -0.149. The van der Waals surface area contributed by atoms with Gasteiger partial charge in [0.15, 0.2) is 0 Å². The van der Waals surface area contributed by atoms with Crippen molar-refractivity contribution in [1.29, 1.82) is 0 Å². The first-order valence-corrected chi connectivity index (χ1v) is 4.73. The number of Topliss-reactive ketones (excluding diaryl/α,β-unsaturated/α-hetero) is 1. The fraction of sp³-hybridized carbons (Fsp3) is 0.333. The highest BCUT2D eigenvalue weighted by molar-refractivity contribution is 7.10. The summed E-state index contributed by atoms with van der Waals surface area (Å²) in [5, 5.41) is 10.4. The minimum Gasteiger partial charge on any atom is -0.475 e. The Hall–Kier alpha value is -1.16. The van der Waals surface area contributed by atoms with Crippen LogP contribution in [0.15, 0.2) is 11.4 Å². The lowest BCUT2D eigenvalue weighted by Gasteiger charge is -2.05. The number of carbonyl (C=O) groups excluding carboxylic acids is 1. The zero-order valence-electron chi connectivity index (χ0n) is 7.40. The number of rotatable bonds is 3. The monoisotopic (exact) mass is 198 g/mol. The van der Waals surface area contributed by atoms with E-state index in [0.717, 1.165) is 10.4 Å². The van der Waals surface area contributed by atoms with Gasteiger partial charge in [0.05, 0.1) is 5.92 Å². The summed E-state index contributed by atoms with van der Waals surface area (Å²) in [4.78, 5) is 22.3. The Balaban J connectivity index is 2.91. The predicted molar refractivity (Wildman–Crippen MR) is 50.1 cm³/mol. The van der Waals surface area contributed by atoms with E-state index in [4.69, 9.17) is 5.11 Å². The number of carbonyl (C=O) groups is 2. The molecule has 0 aliphatic carbocycles. The molecule has 0 aliphatic rings. The maximum absolute atomic E-state index is 11.1. The highest BCUT2D eigenvalue weighted by atomic mass is 32.1. The molecule has 1 heterocycles. The zero-order valence-corrected chi connectivity index (χ0v) is 8.22. The van der Waals surface area contributed by atoms with Crippen LogP contribution in [0.1, 0.15) is 23.3 Å². The molecule has 3 nitrogen and oxygen atoms in total. The van der Waals surface area contributed by atoms with Gasteiger partial charge in [-0.3, -0.25) is 4.79 Å². The fourth-order valence-electron chi connectivity index (χ4n) is 1.13. The van der Waals surface area contributed by atoms with Crippen LogP contribution < -0.4 is 0 Å². The summed E-state index contributed by atoms with van der Waals surface area (Å²) in [6, 6.07) is 1.88. The first-order chi connectivity index (χ1) is 6.04. The minimum atomic E-state index is -1.36. The molecule has 0 saturated heterocycles. The van der Waals surface area contributed by atoms with E-state index in [2.05, 4.69) is 0 Å². The van der Waals surface area contributed by atoms with Crippen LogP contribution in [0, 0.1) is 6.92 Å². The predicted octanol–water partition coefficient (Wildman–Crippen LogP) is 1.81.